The molecule has 0 saturated heterocycles. The maximum atomic E-state index is 6.00. The van der Waals surface area contributed by atoms with Crippen molar-refractivity contribution in [2.24, 2.45) is 0 Å². The quantitative estimate of drug-likeness (QED) is 0.844. The highest BCUT2D eigenvalue weighted by Gasteiger charge is 2.22. The lowest BCUT2D eigenvalue weighted by atomic mass is 9.95. The molecule has 0 unspecified atom stereocenters. The van der Waals surface area contributed by atoms with Gasteiger partial charge in [0.2, 0.25) is 0 Å². The van der Waals surface area contributed by atoms with Crippen LogP contribution in [0.25, 0.3) is 0 Å². The second-order valence-electron chi connectivity index (χ2n) is 6.28. The molecule has 1 aliphatic carbocycles. The van der Waals surface area contributed by atoms with Crippen LogP contribution in [-0.4, -0.2) is 16.0 Å². The van der Waals surface area contributed by atoms with Gasteiger partial charge in [0, 0.05) is 17.0 Å². The van der Waals surface area contributed by atoms with E-state index in [0.717, 1.165) is 17.2 Å². The van der Waals surface area contributed by atoms with E-state index in [-0.39, 0.29) is 5.41 Å². The van der Waals surface area contributed by atoms with Gasteiger partial charge in [-0.3, -0.25) is 0 Å². The van der Waals surface area contributed by atoms with E-state index in [1.165, 1.54) is 25.7 Å². The number of nitrogens with one attached hydrogen (secondary N) is 1. The molecule has 0 bridgehead atoms. The molecular formula is C14H24N4. The molecular weight excluding hydrogens is 224 g/mol. The van der Waals surface area contributed by atoms with E-state index in [0.29, 0.717) is 11.9 Å². The summed E-state index contributed by atoms with van der Waals surface area (Å²) in [5.74, 6) is 2.32. The molecule has 1 saturated carbocycles. The molecule has 1 aromatic rings. The van der Waals surface area contributed by atoms with Crippen LogP contribution < -0.4 is 11.1 Å². The Kier molecular flexibility index (Phi) is 3.46. The summed E-state index contributed by atoms with van der Waals surface area (Å²) in [5.41, 5.74) is 6.89. The van der Waals surface area contributed by atoms with Gasteiger partial charge in [0.15, 0.2) is 0 Å². The fourth-order valence-electron chi connectivity index (χ4n) is 2.27. The highest BCUT2D eigenvalue weighted by Crippen LogP contribution is 2.27. The zero-order valence-corrected chi connectivity index (χ0v) is 11.9. The van der Waals surface area contributed by atoms with Crippen molar-refractivity contribution in [3.8, 4) is 0 Å². The number of rotatable bonds is 2. The van der Waals surface area contributed by atoms with Gasteiger partial charge in [-0.1, -0.05) is 33.6 Å². The number of anilines is 2. The molecule has 18 heavy (non-hydrogen) atoms. The third kappa shape index (κ3) is 2.74. The van der Waals surface area contributed by atoms with Gasteiger partial charge < -0.3 is 11.1 Å². The van der Waals surface area contributed by atoms with Gasteiger partial charge in [-0.15, -0.1) is 0 Å². The van der Waals surface area contributed by atoms with Crippen molar-refractivity contribution in [1.82, 2.24) is 9.97 Å². The average Bonchev–Trinajstić information content (AvgIpc) is 2.75. The van der Waals surface area contributed by atoms with Crippen LogP contribution >= 0.6 is 0 Å². The summed E-state index contributed by atoms with van der Waals surface area (Å²) in [5, 5.41) is 3.53. The molecule has 1 fully saturated rings. The molecule has 2 rings (SSSR count). The zero-order valence-electron chi connectivity index (χ0n) is 11.9. The first-order chi connectivity index (χ1) is 8.38. The lowest BCUT2D eigenvalue weighted by Crippen LogP contribution is -2.22. The zero-order chi connectivity index (χ0) is 13.3. The Bertz CT molecular complexity index is 428. The van der Waals surface area contributed by atoms with Crippen LogP contribution in [0.1, 0.15) is 57.8 Å². The number of nitrogens with zero attached hydrogens (tertiary/aromatic N) is 2. The van der Waals surface area contributed by atoms with E-state index < -0.39 is 0 Å². The van der Waals surface area contributed by atoms with Gasteiger partial charge in [-0.05, 0) is 19.8 Å². The van der Waals surface area contributed by atoms with Crippen LogP contribution in [0.3, 0.4) is 0 Å². The monoisotopic (exact) mass is 248 g/mol. The summed E-state index contributed by atoms with van der Waals surface area (Å²) in [6.07, 6.45) is 5.08. The highest BCUT2D eigenvalue weighted by atomic mass is 15.1. The minimum Gasteiger partial charge on any atom is -0.383 e. The molecule has 1 aliphatic rings. The summed E-state index contributed by atoms with van der Waals surface area (Å²) in [7, 11) is 0. The van der Waals surface area contributed by atoms with Crippen LogP contribution in [0, 0.1) is 6.92 Å². The van der Waals surface area contributed by atoms with Crippen LogP contribution in [-0.2, 0) is 5.41 Å². The predicted octanol–water partition coefficient (Wildman–Crippen LogP) is 3.02. The minimum atomic E-state index is -0.0755. The smallest absolute Gasteiger partial charge is 0.138 e. The van der Waals surface area contributed by atoms with Crippen molar-refractivity contribution in [2.45, 2.75) is 64.8 Å². The van der Waals surface area contributed by atoms with Crippen LogP contribution in [0.15, 0.2) is 0 Å². The molecule has 0 spiro atoms. The van der Waals surface area contributed by atoms with Gasteiger partial charge in [-0.25, -0.2) is 9.97 Å². The van der Waals surface area contributed by atoms with Crippen LogP contribution in [0.2, 0.25) is 0 Å². The normalized spacial score (nSPS) is 17.1. The Labute approximate surface area is 109 Å². The Morgan fingerprint density at radius 3 is 2.33 bits per heavy atom. The SMILES string of the molecule is Cc1c(N)nc(C(C)(C)C)nc1NC1CCCC1. The number of aromatic nitrogens is 2. The maximum Gasteiger partial charge on any atom is 0.138 e. The number of nitrogens with two attached hydrogens (primary N) is 1. The second kappa shape index (κ2) is 4.75. The summed E-state index contributed by atoms with van der Waals surface area (Å²) in [6, 6.07) is 0.547. The summed E-state index contributed by atoms with van der Waals surface area (Å²) in [4.78, 5) is 9.07. The fraction of sp³-hybridized carbons (Fsp3) is 0.714. The first-order valence-electron chi connectivity index (χ1n) is 6.79. The number of nitrogen functional groups attached to an aromatic ring is 1. The van der Waals surface area contributed by atoms with Gasteiger partial charge in [0.25, 0.3) is 0 Å². The molecule has 0 aromatic carbocycles. The first-order valence-corrected chi connectivity index (χ1v) is 6.79. The Morgan fingerprint density at radius 1 is 1.17 bits per heavy atom. The Balaban J connectivity index is 2.30. The number of hydrogen-bond acceptors (Lipinski definition) is 4. The van der Waals surface area contributed by atoms with E-state index in [9.17, 15) is 0 Å². The van der Waals surface area contributed by atoms with Crippen LogP contribution in [0.5, 0.6) is 0 Å². The Hall–Kier alpha value is -1.32. The Morgan fingerprint density at radius 2 is 1.78 bits per heavy atom. The van der Waals surface area contributed by atoms with Gasteiger partial charge in [-0.2, -0.15) is 0 Å². The van der Waals surface area contributed by atoms with Crippen molar-refractivity contribution in [3.05, 3.63) is 11.4 Å². The molecule has 0 aliphatic heterocycles. The molecule has 3 N–H and O–H groups in total. The van der Waals surface area contributed by atoms with Crippen molar-refractivity contribution in [1.29, 1.82) is 0 Å². The summed E-state index contributed by atoms with van der Waals surface area (Å²) >= 11 is 0. The molecule has 100 valence electrons. The fourth-order valence-corrected chi connectivity index (χ4v) is 2.27. The average molecular weight is 248 g/mol. The predicted molar refractivity (Wildman–Crippen MR) is 75.8 cm³/mol. The largest absolute Gasteiger partial charge is 0.383 e. The molecule has 1 heterocycles. The van der Waals surface area contributed by atoms with E-state index in [1.54, 1.807) is 0 Å². The lowest BCUT2D eigenvalue weighted by Gasteiger charge is -2.21. The third-order valence-corrected chi connectivity index (χ3v) is 3.55. The molecule has 0 radical (unpaired) electrons. The standard InChI is InChI=1S/C14H24N4/c1-9-11(15)17-13(14(2,3)4)18-12(9)16-10-7-5-6-8-10/h10H,5-8H2,1-4H3,(H3,15,16,17,18). The topological polar surface area (TPSA) is 63.8 Å². The minimum absolute atomic E-state index is 0.0755. The second-order valence-corrected chi connectivity index (χ2v) is 6.28. The number of hydrogen-bond donors (Lipinski definition) is 2. The van der Waals surface area contributed by atoms with Crippen LogP contribution in [0.4, 0.5) is 11.6 Å². The third-order valence-electron chi connectivity index (χ3n) is 3.55. The van der Waals surface area contributed by atoms with E-state index in [2.05, 4.69) is 36.1 Å². The molecule has 0 amide bonds. The summed E-state index contributed by atoms with van der Waals surface area (Å²) in [6.45, 7) is 8.31. The van der Waals surface area contributed by atoms with Crippen molar-refractivity contribution < 1.29 is 0 Å². The van der Waals surface area contributed by atoms with Gasteiger partial charge >= 0.3 is 0 Å². The van der Waals surface area contributed by atoms with E-state index in [4.69, 9.17) is 5.73 Å². The summed E-state index contributed by atoms with van der Waals surface area (Å²) < 4.78 is 0. The first kappa shape index (κ1) is 13.1. The van der Waals surface area contributed by atoms with Crippen molar-refractivity contribution in [3.63, 3.8) is 0 Å². The molecule has 4 heteroatoms. The van der Waals surface area contributed by atoms with Gasteiger partial charge in [0.1, 0.15) is 17.5 Å². The van der Waals surface area contributed by atoms with Crippen molar-refractivity contribution in [2.75, 3.05) is 11.1 Å². The van der Waals surface area contributed by atoms with Gasteiger partial charge in [0.05, 0.1) is 0 Å². The molecule has 0 atom stereocenters. The van der Waals surface area contributed by atoms with E-state index in [1.807, 2.05) is 6.92 Å². The highest BCUT2D eigenvalue weighted by molar-refractivity contribution is 5.55. The lowest BCUT2D eigenvalue weighted by molar-refractivity contribution is 0.545. The molecule has 1 aromatic heterocycles. The molecule has 4 nitrogen and oxygen atoms in total. The maximum absolute atomic E-state index is 6.00. The van der Waals surface area contributed by atoms with E-state index >= 15 is 0 Å². The van der Waals surface area contributed by atoms with Crippen molar-refractivity contribution >= 4 is 11.6 Å².